The number of rotatable bonds is 4. The van der Waals surface area contributed by atoms with Gasteiger partial charge in [0.15, 0.2) is 0 Å². The summed E-state index contributed by atoms with van der Waals surface area (Å²) in [6.07, 6.45) is 2.13. The van der Waals surface area contributed by atoms with Gasteiger partial charge in [-0.3, -0.25) is 0 Å². The molecule has 0 saturated heterocycles. The number of thiophene rings is 1. The van der Waals surface area contributed by atoms with E-state index in [0.29, 0.717) is 12.6 Å². The summed E-state index contributed by atoms with van der Waals surface area (Å²) in [5, 5.41) is 16.0. The van der Waals surface area contributed by atoms with Crippen LogP contribution in [0, 0.1) is 0 Å². The third-order valence-electron chi connectivity index (χ3n) is 3.84. The molecule has 0 spiro atoms. The monoisotopic (exact) mass is 273 g/mol. The van der Waals surface area contributed by atoms with Crippen LogP contribution in [0.1, 0.15) is 22.9 Å². The van der Waals surface area contributed by atoms with E-state index in [4.69, 9.17) is 0 Å². The molecule has 1 unspecified atom stereocenters. The maximum Gasteiger partial charge on any atom is 0.108 e. The number of aliphatic hydroxyl groups is 1. The molecule has 0 saturated carbocycles. The third kappa shape index (κ3) is 2.73. The first-order valence-electron chi connectivity index (χ1n) is 6.72. The Hall–Kier alpha value is -1.16. The lowest BCUT2D eigenvalue weighted by Crippen LogP contribution is -2.40. The number of fused-ring (bicyclic) bond motifs is 1. The Morgan fingerprint density at radius 1 is 1.21 bits per heavy atom. The van der Waals surface area contributed by atoms with Crippen LogP contribution in [0.25, 0.3) is 0 Å². The topological polar surface area (TPSA) is 32.3 Å². The largest absolute Gasteiger partial charge is 0.383 e. The Bertz CT molecular complexity index is 523. The van der Waals surface area contributed by atoms with E-state index in [0.717, 1.165) is 17.7 Å². The van der Waals surface area contributed by atoms with Gasteiger partial charge in [0.2, 0.25) is 0 Å². The van der Waals surface area contributed by atoms with Crippen LogP contribution in [-0.2, 0) is 18.4 Å². The van der Waals surface area contributed by atoms with Gasteiger partial charge in [-0.2, -0.15) is 0 Å². The van der Waals surface area contributed by atoms with Crippen LogP contribution in [0.5, 0.6) is 0 Å². The van der Waals surface area contributed by atoms with Crippen molar-refractivity contribution in [2.75, 3.05) is 6.54 Å². The standard InChI is InChI=1S/C16H19NOS/c1-16(18,15-7-4-8-19-15)11-17-14-9-12-5-2-3-6-13(12)10-14/h2-8,14,17-18H,9-11H2,1H3. The fraction of sp³-hybridized carbons (Fsp3) is 0.375. The normalized spacial score (nSPS) is 18.2. The smallest absolute Gasteiger partial charge is 0.108 e. The van der Waals surface area contributed by atoms with Gasteiger partial charge in [-0.25, -0.2) is 0 Å². The van der Waals surface area contributed by atoms with Crippen molar-refractivity contribution in [1.29, 1.82) is 0 Å². The summed E-state index contributed by atoms with van der Waals surface area (Å²) in [6.45, 7) is 2.49. The molecule has 19 heavy (non-hydrogen) atoms. The highest BCUT2D eigenvalue weighted by atomic mass is 32.1. The number of nitrogens with one attached hydrogen (secondary N) is 1. The maximum absolute atomic E-state index is 10.5. The van der Waals surface area contributed by atoms with E-state index in [-0.39, 0.29) is 0 Å². The van der Waals surface area contributed by atoms with Crippen LogP contribution in [-0.4, -0.2) is 17.7 Å². The second kappa shape index (κ2) is 5.08. The summed E-state index contributed by atoms with van der Waals surface area (Å²) in [4.78, 5) is 1.02. The first-order valence-corrected chi connectivity index (χ1v) is 7.60. The second-order valence-electron chi connectivity index (χ2n) is 5.51. The molecule has 3 rings (SSSR count). The second-order valence-corrected chi connectivity index (χ2v) is 6.45. The summed E-state index contributed by atoms with van der Waals surface area (Å²) >= 11 is 1.61. The highest BCUT2D eigenvalue weighted by Gasteiger charge is 2.27. The molecule has 3 heteroatoms. The van der Waals surface area contributed by atoms with Gasteiger partial charge in [0, 0.05) is 17.5 Å². The molecule has 0 fully saturated rings. The third-order valence-corrected chi connectivity index (χ3v) is 4.96. The van der Waals surface area contributed by atoms with Crippen molar-refractivity contribution in [3.05, 3.63) is 57.8 Å². The minimum Gasteiger partial charge on any atom is -0.383 e. The van der Waals surface area contributed by atoms with E-state index < -0.39 is 5.60 Å². The van der Waals surface area contributed by atoms with E-state index in [1.165, 1.54) is 11.1 Å². The van der Waals surface area contributed by atoms with Gasteiger partial charge < -0.3 is 10.4 Å². The highest BCUT2D eigenvalue weighted by Crippen LogP contribution is 2.26. The fourth-order valence-electron chi connectivity index (χ4n) is 2.72. The minimum absolute atomic E-state index is 0.448. The molecular formula is C16H19NOS. The molecule has 1 aromatic heterocycles. The van der Waals surface area contributed by atoms with Crippen LogP contribution in [0.3, 0.4) is 0 Å². The molecule has 1 aliphatic carbocycles. The lowest BCUT2D eigenvalue weighted by atomic mass is 10.0. The van der Waals surface area contributed by atoms with E-state index in [1.54, 1.807) is 11.3 Å². The first kappa shape index (κ1) is 12.9. The molecular weight excluding hydrogens is 254 g/mol. The molecule has 1 atom stereocenters. The Morgan fingerprint density at radius 2 is 1.89 bits per heavy atom. The number of benzene rings is 1. The summed E-state index contributed by atoms with van der Waals surface area (Å²) in [6, 6.07) is 13.0. The van der Waals surface area contributed by atoms with Gasteiger partial charge in [-0.15, -0.1) is 11.3 Å². The van der Waals surface area contributed by atoms with Crippen LogP contribution >= 0.6 is 11.3 Å². The van der Waals surface area contributed by atoms with Crippen molar-refractivity contribution in [3.63, 3.8) is 0 Å². The predicted molar refractivity (Wildman–Crippen MR) is 79.5 cm³/mol. The van der Waals surface area contributed by atoms with Crippen LogP contribution in [0.2, 0.25) is 0 Å². The molecule has 0 radical (unpaired) electrons. The van der Waals surface area contributed by atoms with Crippen LogP contribution in [0.15, 0.2) is 41.8 Å². The molecule has 0 aliphatic heterocycles. The average molecular weight is 273 g/mol. The van der Waals surface area contributed by atoms with Crippen molar-refractivity contribution < 1.29 is 5.11 Å². The van der Waals surface area contributed by atoms with Gasteiger partial charge in [-0.05, 0) is 42.3 Å². The minimum atomic E-state index is -0.775. The number of hydrogen-bond acceptors (Lipinski definition) is 3. The van der Waals surface area contributed by atoms with Crippen molar-refractivity contribution in [2.24, 2.45) is 0 Å². The maximum atomic E-state index is 10.5. The SMILES string of the molecule is CC(O)(CNC1Cc2ccccc2C1)c1cccs1. The quantitative estimate of drug-likeness (QED) is 0.897. The fourth-order valence-corrected chi connectivity index (χ4v) is 3.51. The molecule has 2 N–H and O–H groups in total. The Morgan fingerprint density at radius 3 is 2.47 bits per heavy atom. The van der Waals surface area contributed by atoms with Crippen molar-refractivity contribution in [3.8, 4) is 0 Å². The van der Waals surface area contributed by atoms with Gasteiger partial charge in [0.05, 0.1) is 0 Å². The van der Waals surface area contributed by atoms with E-state index >= 15 is 0 Å². The predicted octanol–water partition coefficient (Wildman–Crippen LogP) is 2.71. The Kier molecular flexibility index (Phi) is 3.44. The summed E-state index contributed by atoms with van der Waals surface area (Å²) in [7, 11) is 0. The highest BCUT2D eigenvalue weighted by molar-refractivity contribution is 7.10. The van der Waals surface area contributed by atoms with E-state index in [2.05, 4.69) is 29.6 Å². The molecule has 2 nitrogen and oxygen atoms in total. The van der Waals surface area contributed by atoms with Crippen LogP contribution in [0.4, 0.5) is 0 Å². The zero-order chi connectivity index (χ0) is 13.3. The molecule has 100 valence electrons. The van der Waals surface area contributed by atoms with Gasteiger partial charge in [0.1, 0.15) is 5.60 Å². The van der Waals surface area contributed by atoms with Gasteiger partial charge in [-0.1, -0.05) is 30.3 Å². The lowest BCUT2D eigenvalue weighted by Gasteiger charge is -2.24. The van der Waals surface area contributed by atoms with Crippen molar-refractivity contribution in [1.82, 2.24) is 5.32 Å². The molecule has 2 aromatic rings. The van der Waals surface area contributed by atoms with Crippen LogP contribution < -0.4 is 5.32 Å². The summed E-state index contributed by atoms with van der Waals surface area (Å²) < 4.78 is 0. The van der Waals surface area contributed by atoms with Gasteiger partial charge in [0.25, 0.3) is 0 Å². The Labute approximate surface area is 118 Å². The molecule has 0 amide bonds. The van der Waals surface area contributed by atoms with E-state index in [1.807, 2.05) is 24.4 Å². The van der Waals surface area contributed by atoms with Gasteiger partial charge >= 0.3 is 0 Å². The van der Waals surface area contributed by atoms with Crippen molar-refractivity contribution >= 4 is 11.3 Å². The Balaban J connectivity index is 1.60. The summed E-state index contributed by atoms with van der Waals surface area (Å²) in [5.74, 6) is 0. The zero-order valence-corrected chi connectivity index (χ0v) is 11.9. The zero-order valence-electron chi connectivity index (χ0n) is 11.1. The molecule has 1 aliphatic rings. The molecule has 1 heterocycles. The first-order chi connectivity index (χ1) is 9.15. The van der Waals surface area contributed by atoms with Crippen molar-refractivity contribution in [2.45, 2.75) is 31.4 Å². The lowest BCUT2D eigenvalue weighted by molar-refractivity contribution is 0.0578. The van der Waals surface area contributed by atoms with E-state index in [9.17, 15) is 5.11 Å². The summed E-state index contributed by atoms with van der Waals surface area (Å²) in [5.41, 5.74) is 2.11. The molecule has 0 bridgehead atoms. The number of hydrogen-bond donors (Lipinski definition) is 2. The average Bonchev–Trinajstić information content (AvgIpc) is 3.05. The molecule has 1 aromatic carbocycles.